The van der Waals surface area contributed by atoms with Crippen LogP contribution in [-0.2, 0) is 16.6 Å². The normalized spacial score (nSPS) is 21.2. The molecule has 28 heavy (non-hydrogen) atoms. The molecule has 2 fully saturated rings. The highest BCUT2D eigenvalue weighted by molar-refractivity contribution is 7.88. The molecule has 158 valence electrons. The third-order valence-electron chi connectivity index (χ3n) is 5.43. The number of piperidine rings is 1. The van der Waals surface area contributed by atoms with Crippen molar-refractivity contribution in [2.75, 3.05) is 58.6 Å². The topological polar surface area (TPSA) is 94.3 Å². The Labute approximate surface area is 167 Å². The maximum Gasteiger partial charge on any atom is 0.211 e. The van der Waals surface area contributed by atoms with Crippen LogP contribution in [0.1, 0.15) is 25.5 Å². The Morgan fingerprint density at radius 3 is 2.54 bits per heavy atom. The number of piperazine rings is 1. The first-order valence-electron chi connectivity index (χ1n) is 10.1. The lowest BCUT2D eigenvalue weighted by atomic mass is 9.98. The molecule has 2 aliphatic rings. The Balaban J connectivity index is 1.48. The van der Waals surface area contributed by atoms with Crippen molar-refractivity contribution in [2.45, 2.75) is 26.3 Å². The van der Waals surface area contributed by atoms with Crippen LogP contribution in [0.4, 0.5) is 0 Å². The third-order valence-corrected chi connectivity index (χ3v) is 6.73. The molecule has 0 aromatic carbocycles. The van der Waals surface area contributed by atoms with E-state index in [2.05, 4.69) is 27.2 Å². The first kappa shape index (κ1) is 21.1. The fourth-order valence-electron chi connectivity index (χ4n) is 3.73. The van der Waals surface area contributed by atoms with Gasteiger partial charge in [0, 0.05) is 65.0 Å². The molecule has 0 saturated carbocycles. The van der Waals surface area contributed by atoms with Gasteiger partial charge in [0.25, 0.3) is 0 Å². The average Bonchev–Trinajstić information content (AvgIpc) is 3.18. The van der Waals surface area contributed by atoms with E-state index in [0.717, 1.165) is 70.3 Å². The van der Waals surface area contributed by atoms with Crippen LogP contribution in [-0.4, -0.2) is 92.3 Å². The van der Waals surface area contributed by atoms with Crippen LogP contribution in [0.15, 0.2) is 21.8 Å². The molecule has 3 rings (SSSR count). The van der Waals surface area contributed by atoms with Crippen molar-refractivity contribution >= 4 is 16.0 Å². The summed E-state index contributed by atoms with van der Waals surface area (Å²) in [6.07, 6.45) is 4.65. The summed E-state index contributed by atoms with van der Waals surface area (Å²) in [7, 11) is -3.07. The number of rotatable bonds is 6. The van der Waals surface area contributed by atoms with Crippen molar-refractivity contribution in [3.63, 3.8) is 0 Å². The van der Waals surface area contributed by atoms with Gasteiger partial charge < -0.3 is 14.7 Å². The van der Waals surface area contributed by atoms with Crippen molar-refractivity contribution in [1.29, 1.82) is 0 Å². The fraction of sp³-hybridized carbons (Fsp3) is 0.778. The lowest BCUT2D eigenvalue weighted by Crippen LogP contribution is -2.52. The van der Waals surface area contributed by atoms with Gasteiger partial charge in [-0.3, -0.25) is 9.89 Å². The van der Waals surface area contributed by atoms with Crippen LogP contribution in [0.2, 0.25) is 0 Å². The van der Waals surface area contributed by atoms with Crippen molar-refractivity contribution in [1.82, 2.24) is 24.6 Å². The van der Waals surface area contributed by atoms with Gasteiger partial charge in [-0.25, -0.2) is 12.7 Å². The van der Waals surface area contributed by atoms with Crippen LogP contribution >= 0.6 is 0 Å². The Kier molecular flexibility index (Phi) is 7.30. The van der Waals surface area contributed by atoms with Gasteiger partial charge in [-0.15, -0.1) is 0 Å². The van der Waals surface area contributed by atoms with Gasteiger partial charge in [-0.05, 0) is 25.7 Å². The molecular formula is C18H32N6O3S. The second-order valence-electron chi connectivity index (χ2n) is 7.55. The maximum absolute atomic E-state index is 11.6. The molecule has 2 aliphatic heterocycles. The molecule has 0 spiro atoms. The molecule has 0 amide bonds. The highest BCUT2D eigenvalue weighted by Crippen LogP contribution is 2.19. The van der Waals surface area contributed by atoms with E-state index in [4.69, 9.17) is 9.52 Å². The van der Waals surface area contributed by atoms with Gasteiger partial charge >= 0.3 is 0 Å². The predicted octanol–water partition coefficient (Wildman–Crippen LogP) is 0.429. The summed E-state index contributed by atoms with van der Waals surface area (Å²) < 4.78 is 29.8. The van der Waals surface area contributed by atoms with Crippen molar-refractivity contribution in [3.8, 4) is 0 Å². The molecule has 0 aliphatic carbocycles. The molecule has 9 nitrogen and oxygen atoms in total. The van der Waals surface area contributed by atoms with Gasteiger partial charge in [0.2, 0.25) is 10.0 Å². The zero-order valence-electron chi connectivity index (χ0n) is 16.9. The molecule has 0 radical (unpaired) electrons. The first-order chi connectivity index (χ1) is 13.5. The minimum absolute atomic E-state index is 0.445. The van der Waals surface area contributed by atoms with Gasteiger partial charge in [0.15, 0.2) is 5.96 Å². The van der Waals surface area contributed by atoms with E-state index >= 15 is 0 Å². The molecule has 10 heteroatoms. The Morgan fingerprint density at radius 2 is 1.96 bits per heavy atom. The standard InChI is InChI=1S/C18H32N6O3S/c1-3-19-18(20-14-16-4-7-24(8-5-16)28(2,25)26)23-11-9-22(10-12-23)15-17-6-13-27-21-17/h6,13,16H,3-5,7-12,14-15H2,1-2H3,(H,19,20). The summed E-state index contributed by atoms with van der Waals surface area (Å²) in [6, 6.07) is 1.91. The van der Waals surface area contributed by atoms with Crippen LogP contribution in [0.25, 0.3) is 0 Å². The summed E-state index contributed by atoms with van der Waals surface area (Å²) in [4.78, 5) is 9.55. The quantitative estimate of drug-likeness (QED) is 0.535. The first-order valence-corrected chi connectivity index (χ1v) is 11.9. The van der Waals surface area contributed by atoms with E-state index < -0.39 is 10.0 Å². The lowest BCUT2D eigenvalue weighted by Gasteiger charge is -2.36. The minimum atomic E-state index is -3.07. The zero-order chi connectivity index (χ0) is 20.0. The minimum Gasteiger partial charge on any atom is -0.364 e. The number of aliphatic imine (C=N–C) groups is 1. The van der Waals surface area contributed by atoms with Crippen LogP contribution < -0.4 is 5.32 Å². The molecule has 2 saturated heterocycles. The van der Waals surface area contributed by atoms with E-state index in [1.807, 2.05) is 6.07 Å². The Hall–Kier alpha value is -1.65. The molecular weight excluding hydrogens is 380 g/mol. The van der Waals surface area contributed by atoms with Gasteiger partial charge in [0.1, 0.15) is 6.26 Å². The molecule has 0 bridgehead atoms. The fourth-order valence-corrected chi connectivity index (χ4v) is 4.60. The largest absolute Gasteiger partial charge is 0.364 e. The van der Waals surface area contributed by atoms with E-state index in [1.165, 1.54) is 6.26 Å². The van der Waals surface area contributed by atoms with Crippen molar-refractivity contribution < 1.29 is 12.9 Å². The van der Waals surface area contributed by atoms with E-state index in [0.29, 0.717) is 19.0 Å². The van der Waals surface area contributed by atoms with Crippen LogP contribution in [0, 0.1) is 5.92 Å². The number of hydrogen-bond donors (Lipinski definition) is 1. The molecule has 1 N–H and O–H groups in total. The monoisotopic (exact) mass is 412 g/mol. The van der Waals surface area contributed by atoms with Gasteiger partial charge in [0.05, 0.1) is 11.9 Å². The van der Waals surface area contributed by atoms with Crippen molar-refractivity contribution in [3.05, 3.63) is 18.0 Å². The van der Waals surface area contributed by atoms with E-state index in [-0.39, 0.29) is 0 Å². The van der Waals surface area contributed by atoms with Gasteiger partial charge in [-0.1, -0.05) is 5.16 Å². The summed E-state index contributed by atoms with van der Waals surface area (Å²) in [5, 5.41) is 7.40. The Morgan fingerprint density at radius 1 is 1.25 bits per heavy atom. The van der Waals surface area contributed by atoms with Gasteiger partial charge in [-0.2, -0.15) is 0 Å². The highest BCUT2D eigenvalue weighted by atomic mass is 32.2. The number of sulfonamides is 1. The highest BCUT2D eigenvalue weighted by Gasteiger charge is 2.25. The Bertz CT molecular complexity index is 721. The van der Waals surface area contributed by atoms with Crippen LogP contribution in [0.5, 0.6) is 0 Å². The summed E-state index contributed by atoms with van der Waals surface area (Å²) in [5.41, 5.74) is 0.967. The molecule has 1 aromatic rings. The zero-order valence-corrected chi connectivity index (χ0v) is 17.7. The second kappa shape index (κ2) is 9.71. The van der Waals surface area contributed by atoms with E-state index in [9.17, 15) is 8.42 Å². The number of aromatic nitrogens is 1. The van der Waals surface area contributed by atoms with Crippen molar-refractivity contribution in [2.24, 2.45) is 10.9 Å². The molecule has 3 heterocycles. The summed E-state index contributed by atoms with van der Waals surface area (Å²) >= 11 is 0. The summed E-state index contributed by atoms with van der Waals surface area (Å²) in [5.74, 6) is 1.41. The second-order valence-corrected chi connectivity index (χ2v) is 9.54. The number of hydrogen-bond acceptors (Lipinski definition) is 6. The number of nitrogens with zero attached hydrogens (tertiary/aromatic N) is 5. The third kappa shape index (κ3) is 5.92. The summed E-state index contributed by atoms with van der Waals surface area (Å²) in [6.45, 7) is 9.48. The number of nitrogens with one attached hydrogen (secondary N) is 1. The van der Waals surface area contributed by atoms with E-state index in [1.54, 1.807) is 10.6 Å². The molecule has 0 unspecified atom stereocenters. The average molecular weight is 413 g/mol. The SMILES string of the molecule is CCNC(=NCC1CCN(S(C)(=O)=O)CC1)N1CCN(Cc2ccon2)CC1. The maximum atomic E-state index is 11.6. The number of guanidine groups is 1. The predicted molar refractivity (Wildman–Crippen MR) is 108 cm³/mol. The lowest BCUT2D eigenvalue weighted by molar-refractivity contribution is 0.168. The van der Waals surface area contributed by atoms with Crippen LogP contribution in [0.3, 0.4) is 0 Å². The molecule has 1 aromatic heterocycles. The molecule has 0 atom stereocenters. The smallest absolute Gasteiger partial charge is 0.211 e.